The standard InChI is InChI=1S/C8H13FO/c1-6(2)4-5-8(9)7(3)10/h4,8H,5H2,1-3H3. The number of alkyl halides is 1. The number of carbonyl (C=O) groups excluding carboxylic acids is 1. The molecule has 0 spiro atoms. The van der Waals surface area contributed by atoms with E-state index in [4.69, 9.17) is 0 Å². The summed E-state index contributed by atoms with van der Waals surface area (Å²) in [5, 5.41) is 0. The molecule has 1 nitrogen and oxygen atoms in total. The van der Waals surface area contributed by atoms with Crippen molar-refractivity contribution in [3.63, 3.8) is 0 Å². The SMILES string of the molecule is CC(=O)C(F)CC=C(C)C. The highest BCUT2D eigenvalue weighted by atomic mass is 19.1. The molecule has 0 aliphatic carbocycles. The minimum Gasteiger partial charge on any atom is -0.297 e. The largest absolute Gasteiger partial charge is 0.297 e. The highest BCUT2D eigenvalue weighted by Crippen LogP contribution is 2.02. The number of halogens is 1. The Bertz CT molecular complexity index is 145. The van der Waals surface area contributed by atoms with Crippen molar-refractivity contribution in [3.05, 3.63) is 11.6 Å². The van der Waals surface area contributed by atoms with Crippen LogP contribution in [-0.4, -0.2) is 12.0 Å². The molecule has 0 radical (unpaired) electrons. The van der Waals surface area contributed by atoms with Gasteiger partial charge in [0.2, 0.25) is 0 Å². The van der Waals surface area contributed by atoms with Crippen molar-refractivity contribution >= 4 is 5.78 Å². The van der Waals surface area contributed by atoms with Gasteiger partial charge < -0.3 is 0 Å². The second kappa shape index (κ2) is 4.20. The van der Waals surface area contributed by atoms with Crippen LogP contribution in [0, 0.1) is 0 Å². The number of Topliss-reactive ketones (excluding diaryl/α,β-unsaturated/α-hetero) is 1. The number of carbonyl (C=O) groups is 1. The molecule has 0 saturated heterocycles. The van der Waals surface area contributed by atoms with Crippen LogP contribution in [0.2, 0.25) is 0 Å². The monoisotopic (exact) mass is 144 g/mol. The van der Waals surface area contributed by atoms with Crippen LogP contribution in [0.5, 0.6) is 0 Å². The van der Waals surface area contributed by atoms with E-state index >= 15 is 0 Å². The molecule has 0 fully saturated rings. The Morgan fingerprint density at radius 2 is 2.00 bits per heavy atom. The number of ketones is 1. The van der Waals surface area contributed by atoms with E-state index in [0.717, 1.165) is 5.57 Å². The molecule has 0 amide bonds. The number of hydrogen-bond donors (Lipinski definition) is 0. The van der Waals surface area contributed by atoms with E-state index in [9.17, 15) is 9.18 Å². The molecule has 10 heavy (non-hydrogen) atoms. The lowest BCUT2D eigenvalue weighted by Crippen LogP contribution is -2.09. The first kappa shape index (κ1) is 9.34. The Morgan fingerprint density at radius 1 is 1.50 bits per heavy atom. The molecule has 0 saturated carbocycles. The smallest absolute Gasteiger partial charge is 0.164 e. The molecule has 0 rings (SSSR count). The van der Waals surface area contributed by atoms with Gasteiger partial charge in [-0.1, -0.05) is 11.6 Å². The maximum atomic E-state index is 12.5. The molecule has 0 aromatic heterocycles. The predicted molar refractivity (Wildman–Crippen MR) is 39.6 cm³/mol. The van der Waals surface area contributed by atoms with Crippen LogP contribution >= 0.6 is 0 Å². The van der Waals surface area contributed by atoms with Crippen molar-refractivity contribution in [2.45, 2.75) is 33.4 Å². The van der Waals surface area contributed by atoms with E-state index in [2.05, 4.69) is 0 Å². The first-order chi connectivity index (χ1) is 4.54. The van der Waals surface area contributed by atoms with Crippen LogP contribution in [-0.2, 0) is 4.79 Å². The van der Waals surface area contributed by atoms with Crippen molar-refractivity contribution in [2.75, 3.05) is 0 Å². The maximum Gasteiger partial charge on any atom is 0.164 e. The number of allylic oxidation sites excluding steroid dienone is 2. The van der Waals surface area contributed by atoms with Gasteiger partial charge in [-0.2, -0.15) is 0 Å². The Morgan fingerprint density at radius 3 is 2.30 bits per heavy atom. The van der Waals surface area contributed by atoms with Crippen molar-refractivity contribution in [1.82, 2.24) is 0 Å². The molecule has 1 atom stereocenters. The fourth-order valence-corrected chi connectivity index (χ4v) is 0.505. The number of rotatable bonds is 3. The molecule has 0 aromatic rings. The third-order valence-corrected chi connectivity index (χ3v) is 1.17. The molecule has 2 heteroatoms. The van der Waals surface area contributed by atoms with Crippen LogP contribution in [0.3, 0.4) is 0 Å². The van der Waals surface area contributed by atoms with Gasteiger partial charge in [-0.3, -0.25) is 4.79 Å². The van der Waals surface area contributed by atoms with Gasteiger partial charge in [-0.05, 0) is 20.8 Å². The lowest BCUT2D eigenvalue weighted by atomic mass is 10.1. The summed E-state index contributed by atoms with van der Waals surface area (Å²) in [5.41, 5.74) is 1.05. The van der Waals surface area contributed by atoms with Crippen LogP contribution in [0.4, 0.5) is 4.39 Å². The zero-order valence-electron chi connectivity index (χ0n) is 6.65. The van der Waals surface area contributed by atoms with E-state index in [0.29, 0.717) is 0 Å². The van der Waals surface area contributed by atoms with E-state index in [1.807, 2.05) is 13.8 Å². The average molecular weight is 144 g/mol. The van der Waals surface area contributed by atoms with Gasteiger partial charge in [-0.25, -0.2) is 4.39 Å². The highest BCUT2D eigenvalue weighted by Gasteiger charge is 2.08. The third-order valence-electron chi connectivity index (χ3n) is 1.17. The highest BCUT2D eigenvalue weighted by molar-refractivity contribution is 5.80. The van der Waals surface area contributed by atoms with Crippen molar-refractivity contribution in [1.29, 1.82) is 0 Å². The van der Waals surface area contributed by atoms with Gasteiger partial charge in [0.05, 0.1) is 0 Å². The minimum atomic E-state index is -1.31. The van der Waals surface area contributed by atoms with Gasteiger partial charge in [0.1, 0.15) is 0 Å². The Kier molecular flexibility index (Phi) is 3.93. The molecule has 0 bridgehead atoms. The van der Waals surface area contributed by atoms with Crippen LogP contribution in [0.15, 0.2) is 11.6 Å². The predicted octanol–water partition coefficient (Wildman–Crippen LogP) is 2.27. The second-order valence-corrected chi connectivity index (χ2v) is 2.60. The summed E-state index contributed by atoms with van der Waals surface area (Å²) < 4.78 is 12.5. The molecule has 58 valence electrons. The van der Waals surface area contributed by atoms with E-state index < -0.39 is 12.0 Å². The third kappa shape index (κ3) is 4.24. The van der Waals surface area contributed by atoms with Crippen molar-refractivity contribution in [2.24, 2.45) is 0 Å². The van der Waals surface area contributed by atoms with Gasteiger partial charge >= 0.3 is 0 Å². The molecule has 0 aliphatic heterocycles. The summed E-state index contributed by atoms with van der Waals surface area (Å²) in [4.78, 5) is 10.4. The lowest BCUT2D eigenvalue weighted by Gasteiger charge is -1.98. The average Bonchev–Trinajstić information content (AvgIpc) is 1.82. The van der Waals surface area contributed by atoms with Crippen molar-refractivity contribution in [3.8, 4) is 0 Å². The Hall–Kier alpha value is -0.660. The molecular formula is C8H13FO. The van der Waals surface area contributed by atoms with Gasteiger partial charge in [0, 0.05) is 6.42 Å². The minimum absolute atomic E-state index is 0.220. The van der Waals surface area contributed by atoms with E-state index in [-0.39, 0.29) is 6.42 Å². The lowest BCUT2D eigenvalue weighted by molar-refractivity contribution is -0.121. The topological polar surface area (TPSA) is 17.1 Å². The van der Waals surface area contributed by atoms with E-state index in [1.165, 1.54) is 6.92 Å². The van der Waals surface area contributed by atoms with Crippen LogP contribution in [0.25, 0.3) is 0 Å². The summed E-state index contributed by atoms with van der Waals surface area (Å²) in [6.07, 6.45) is 0.638. The fourth-order valence-electron chi connectivity index (χ4n) is 0.505. The van der Waals surface area contributed by atoms with Gasteiger partial charge in [-0.15, -0.1) is 0 Å². The van der Waals surface area contributed by atoms with E-state index in [1.54, 1.807) is 6.08 Å². The zero-order valence-corrected chi connectivity index (χ0v) is 6.65. The molecule has 0 aliphatic rings. The second-order valence-electron chi connectivity index (χ2n) is 2.60. The Labute approximate surface area is 60.9 Å². The van der Waals surface area contributed by atoms with Crippen LogP contribution in [0.1, 0.15) is 27.2 Å². The number of hydrogen-bond acceptors (Lipinski definition) is 1. The summed E-state index contributed by atoms with van der Waals surface area (Å²) in [6, 6.07) is 0. The fraction of sp³-hybridized carbons (Fsp3) is 0.625. The summed E-state index contributed by atoms with van der Waals surface area (Å²) in [5.74, 6) is -0.391. The maximum absolute atomic E-state index is 12.5. The van der Waals surface area contributed by atoms with Gasteiger partial charge in [0.15, 0.2) is 12.0 Å². The first-order valence-corrected chi connectivity index (χ1v) is 3.32. The Balaban J connectivity index is 3.70. The van der Waals surface area contributed by atoms with Crippen LogP contribution < -0.4 is 0 Å². The zero-order chi connectivity index (χ0) is 8.15. The summed E-state index contributed by atoms with van der Waals surface area (Å²) >= 11 is 0. The molecule has 0 N–H and O–H groups in total. The summed E-state index contributed by atoms with van der Waals surface area (Å²) in [7, 11) is 0. The normalized spacial score (nSPS) is 12.4. The molecule has 0 aromatic carbocycles. The van der Waals surface area contributed by atoms with Gasteiger partial charge in [0.25, 0.3) is 0 Å². The molecule has 1 unspecified atom stereocenters. The quantitative estimate of drug-likeness (QED) is 0.555. The van der Waals surface area contributed by atoms with Crippen molar-refractivity contribution < 1.29 is 9.18 Å². The molecule has 0 heterocycles. The first-order valence-electron chi connectivity index (χ1n) is 3.32. The molecular weight excluding hydrogens is 131 g/mol. The summed E-state index contributed by atoms with van der Waals surface area (Å²) in [6.45, 7) is 5.03.